The zero-order valence-electron chi connectivity index (χ0n) is 17.0. The van der Waals surface area contributed by atoms with Crippen LogP contribution in [0, 0.1) is 5.92 Å². The number of halogens is 1. The lowest BCUT2D eigenvalue weighted by Gasteiger charge is -2.21. The maximum Gasteiger partial charge on any atom is 0.414 e. The van der Waals surface area contributed by atoms with E-state index in [2.05, 4.69) is 10.3 Å². The fourth-order valence-corrected chi connectivity index (χ4v) is 3.69. The number of benzene rings is 1. The van der Waals surface area contributed by atoms with Crippen molar-refractivity contribution >= 4 is 29.3 Å². The average molecular weight is 446 g/mol. The van der Waals surface area contributed by atoms with Gasteiger partial charge in [0.2, 0.25) is 5.88 Å². The molecule has 31 heavy (non-hydrogen) atoms. The highest BCUT2D eigenvalue weighted by Crippen LogP contribution is 2.24. The minimum absolute atomic E-state index is 0.198. The van der Waals surface area contributed by atoms with Crippen LogP contribution in [0.5, 0.6) is 5.88 Å². The molecule has 2 aliphatic heterocycles. The van der Waals surface area contributed by atoms with Crippen LogP contribution in [0.25, 0.3) is 0 Å². The molecule has 0 spiro atoms. The number of carbonyl (C=O) groups is 2. The smallest absolute Gasteiger partial charge is 0.414 e. The van der Waals surface area contributed by atoms with Crippen molar-refractivity contribution in [2.45, 2.75) is 18.9 Å². The van der Waals surface area contributed by atoms with Gasteiger partial charge in [-0.1, -0.05) is 17.7 Å². The van der Waals surface area contributed by atoms with Gasteiger partial charge in [0.15, 0.2) is 0 Å². The van der Waals surface area contributed by atoms with E-state index in [1.54, 1.807) is 36.4 Å². The Morgan fingerprint density at radius 2 is 2.10 bits per heavy atom. The van der Waals surface area contributed by atoms with Crippen molar-refractivity contribution in [1.29, 1.82) is 0 Å². The number of pyridine rings is 1. The summed E-state index contributed by atoms with van der Waals surface area (Å²) in [5.41, 5.74) is 1.07. The number of aromatic nitrogens is 1. The van der Waals surface area contributed by atoms with Crippen LogP contribution in [0.15, 0.2) is 42.6 Å². The molecule has 1 aromatic heterocycles. The molecule has 0 radical (unpaired) electrons. The Morgan fingerprint density at radius 1 is 1.26 bits per heavy atom. The number of carbonyl (C=O) groups excluding carboxylic acids is 2. The molecular weight excluding hydrogens is 422 g/mol. The predicted molar refractivity (Wildman–Crippen MR) is 115 cm³/mol. The number of amides is 2. The van der Waals surface area contributed by atoms with Crippen LogP contribution in [0.3, 0.4) is 0 Å². The van der Waals surface area contributed by atoms with Gasteiger partial charge in [-0.2, -0.15) is 0 Å². The predicted octanol–water partition coefficient (Wildman–Crippen LogP) is 3.30. The van der Waals surface area contributed by atoms with Crippen LogP contribution < -0.4 is 15.0 Å². The summed E-state index contributed by atoms with van der Waals surface area (Å²) in [6.45, 7) is 2.67. The lowest BCUT2D eigenvalue weighted by atomic mass is 10.0. The van der Waals surface area contributed by atoms with Gasteiger partial charge in [-0.3, -0.25) is 9.69 Å². The molecule has 1 aromatic carbocycles. The third-order valence-corrected chi connectivity index (χ3v) is 5.53. The Hall–Kier alpha value is -2.84. The van der Waals surface area contributed by atoms with Crippen molar-refractivity contribution in [2.75, 3.05) is 37.8 Å². The molecule has 3 heterocycles. The van der Waals surface area contributed by atoms with Gasteiger partial charge in [0.1, 0.15) is 6.10 Å². The number of anilines is 1. The van der Waals surface area contributed by atoms with E-state index in [1.165, 1.54) is 11.1 Å². The highest BCUT2D eigenvalue weighted by molar-refractivity contribution is 6.30. The maximum atomic E-state index is 12.4. The third-order valence-electron chi connectivity index (χ3n) is 5.29. The van der Waals surface area contributed by atoms with Crippen LogP contribution in [0.1, 0.15) is 23.2 Å². The first-order chi connectivity index (χ1) is 15.1. The molecule has 1 N–H and O–H groups in total. The zero-order chi connectivity index (χ0) is 21.6. The van der Waals surface area contributed by atoms with Gasteiger partial charge in [-0.15, -0.1) is 0 Å². The summed E-state index contributed by atoms with van der Waals surface area (Å²) in [4.78, 5) is 30.3. The van der Waals surface area contributed by atoms with Crippen LogP contribution >= 0.6 is 11.6 Å². The summed E-state index contributed by atoms with van der Waals surface area (Å²) in [6.07, 6.45) is 2.54. The Morgan fingerprint density at radius 3 is 2.84 bits per heavy atom. The van der Waals surface area contributed by atoms with Crippen molar-refractivity contribution < 1.29 is 23.8 Å². The second-order valence-electron chi connectivity index (χ2n) is 7.56. The second kappa shape index (κ2) is 9.98. The highest BCUT2D eigenvalue weighted by Gasteiger charge is 2.32. The average Bonchev–Trinajstić information content (AvgIpc) is 3.17. The first-order valence-electron chi connectivity index (χ1n) is 10.3. The summed E-state index contributed by atoms with van der Waals surface area (Å²) < 4.78 is 16.4. The number of cyclic esters (lactones) is 1. The molecule has 1 unspecified atom stereocenters. The number of nitrogens with zero attached hydrogens (tertiary/aromatic N) is 2. The molecule has 2 aliphatic rings. The van der Waals surface area contributed by atoms with Gasteiger partial charge >= 0.3 is 6.09 Å². The maximum absolute atomic E-state index is 12.4. The normalized spacial score (nSPS) is 19.2. The fraction of sp³-hybridized carbons (Fsp3) is 0.409. The van der Waals surface area contributed by atoms with Crippen molar-refractivity contribution in [3.05, 3.63) is 53.2 Å². The van der Waals surface area contributed by atoms with E-state index in [-0.39, 0.29) is 12.5 Å². The molecule has 2 aromatic rings. The molecule has 2 saturated heterocycles. The Bertz CT molecular complexity index is 918. The van der Waals surface area contributed by atoms with Gasteiger partial charge in [0, 0.05) is 36.2 Å². The van der Waals surface area contributed by atoms with Crippen molar-refractivity contribution in [1.82, 2.24) is 10.3 Å². The Labute approximate surface area is 185 Å². The second-order valence-corrected chi connectivity index (χ2v) is 7.99. The van der Waals surface area contributed by atoms with E-state index >= 15 is 0 Å². The van der Waals surface area contributed by atoms with Crippen LogP contribution in [0.2, 0.25) is 5.02 Å². The molecule has 9 heteroatoms. The lowest BCUT2D eigenvalue weighted by molar-refractivity contribution is 0.0490. The molecule has 164 valence electrons. The number of hydrogen-bond acceptors (Lipinski definition) is 6. The van der Waals surface area contributed by atoms with Gasteiger partial charge in [-0.25, -0.2) is 9.78 Å². The topological polar surface area (TPSA) is 90.0 Å². The summed E-state index contributed by atoms with van der Waals surface area (Å²) in [7, 11) is 0. The summed E-state index contributed by atoms with van der Waals surface area (Å²) >= 11 is 5.99. The molecule has 0 bridgehead atoms. The minimum Gasteiger partial charge on any atom is -0.477 e. The van der Waals surface area contributed by atoms with Crippen molar-refractivity contribution in [2.24, 2.45) is 5.92 Å². The number of ether oxygens (including phenoxy) is 3. The van der Waals surface area contributed by atoms with Gasteiger partial charge in [0.25, 0.3) is 5.91 Å². The quantitative estimate of drug-likeness (QED) is 0.703. The van der Waals surface area contributed by atoms with Crippen LogP contribution in [-0.4, -0.2) is 56.0 Å². The molecule has 4 rings (SSSR count). The summed E-state index contributed by atoms with van der Waals surface area (Å²) in [6, 6.07) is 10.3. The SMILES string of the molecule is O=C(NCC1CN(c2cccc(Cl)c2)C(=O)O1)c1ccc(OCC2CCOCC2)nc1. The van der Waals surface area contributed by atoms with Gasteiger partial charge in [0.05, 0.1) is 25.3 Å². The fourth-order valence-electron chi connectivity index (χ4n) is 3.51. The monoisotopic (exact) mass is 445 g/mol. The standard InChI is InChI=1S/C22H24ClN3O5/c23-17-2-1-3-18(10-17)26-13-19(31-22(26)28)12-25-21(27)16-4-5-20(24-11-16)30-14-15-6-8-29-9-7-15/h1-5,10-11,15,19H,6-9,12-14H2,(H,25,27). The zero-order valence-corrected chi connectivity index (χ0v) is 17.7. The number of hydrogen-bond donors (Lipinski definition) is 1. The summed E-state index contributed by atoms with van der Waals surface area (Å²) in [5, 5.41) is 3.32. The molecular formula is C22H24ClN3O5. The van der Waals surface area contributed by atoms with E-state index in [1.807, 2.05) is 0 Å². The first-order valence-corrected chi connectivity index (χ1v) is 10.6. The molecule has 8 nitrogen and oxygen atoms in total. The minimum atomic E-state index is -0.464. The third kappa shape index (κ3) is 5.65. The van der Waals surface area contributed by atoms with E-state index in [0.717, 1.165) is 26.1 Å². The highest BCUT2D eigenvalue weighted by atomic mass is 35.5. The molecule has 1 atom stereocenters. The first kappa shape index (κ1) is 21.4. The molecule has 2 fully saturated rings. The van der Waals surface area contributed by atoms with Crippen molar-refractivity contribution in [3.63, 3.8) is 0 Å². The Balaban J connectivity index is 1.24. The van der Waals surface area contributed by atoms with E-state index in [0.29, 0.717) is 41.2 Å². The molecule has 0 aliphatic carbocycles. The van der Waals surface area contributed by atoms with Crippen LogP contribution in [-0.2, 0) is 9.47 Å². The largest absolute Gasteiger partial charge is 0.477 e. The van der Waals surface area contributed by atoms with Gasteiger partial charge in [-0.05, 0) is 43.0 Å². The molecule has 2 amide bonds. The number of rotatable bonds is 7. The van der Waals surface area contributed by atoms with E-state index in [4.69, 9.17) is 25.8 Å². The van der Waals surface area contributed by atoms with Crippen LogP contribution in [0.4, 0.5) is 10.5 Å². The Kier molecular flexibility index (Phi) is 6.89. The summed E-state index contributed by atoms with van der Waals surface area (Å²) in [5.74, 6) is 0.671. The van der Waals surface area contributed by atoms with Crippen molar-refractivity contribution in [3.8, 4) is 5.88 Å². The lowest BCUT2D eigenvalue weighted by Crippen LogP contribution is -2.34. The van der Waals surface area contributed by atoms with E-state index < -0.39 is 12.2 Å². The molecule has 0 saturated carbocycles. The van der Waals surface area contributed by atoms with E-state index in [9.17, 15) is 9.59 Å². The number of nitrogens with one attached hydrogen (secondary N) is 1. The van der Waals surface area contributed by atoms with Gasteiger partial charge < -0.3 is 19.5 Å².